The molecule has 6 saturated carbocycles. The Balaban J connectivity index is 0.000000248. The van der Waals surface area contributed by atoms with Gasteiger partial charge in [-0.2, -0.15) is 36.8 Å². The van der Waals surface area contributed by atoms with Gasteiger partial charge in [-0.15, -0.1) is 11.5 Å². The SMILES string of the molecule is C=C(C)B1OC(C)(C)C(C)(C)O1.C=C(C)c1c(N)c(C2CC2)cc(C#N)c1F.CC(C)(C)ON=O.CC(C)c1c(F)c(C#N)cc(C2CC2)c1CC(=O)O.CC(C)c1c(N)c(C2CC2)cc(C#N)c1F.N#Cc1cc(Br)c(N)cc1F.N#Cc1cc(C2CC2)c(N)c(Br)c1F.N#Cc1cc(C2CC2)c(N)cc1F.N#Cc1ccc(N)cc1F.OB(O)C1CC1. The molecule has 7 aliphatic rings. The van der Waals surface area contributed by atoms with Crippen LogP contribution < -0.4 is 34.4 Å². The molecule has 7 fully saturated rings. The Labute approximate surface area is 737 Å². The summed E-state index contributed by atoms with van der Waals surface area (Å²) >= 11 is 6.14. The number of nitrogen functional groups attached to an aromatic ring is 6. The highest BCUT2D eigenvalue weighted by molar-refractivity contribution is 9.11. The van der Waals surface area contributed by atoms with Crippen molar-refractivity contribution < 1.29 is 64.8 Å². The lowest BCUT2D eigenvalue weighted by atomic mass is 9.81. The summed E-state index contributed by atoms with van der Waals surface area (Å²) in [7, 11) is -1.28. The predicted molar refractivity (Wildman–Crippen MR) is 474 cm³/mol. The number of anilines is 6. The third-order valence-electron chi connectivity index (χ3n) is 20.5. The highest BCUT2D eigenvalue weighted by Gasteiger charge is 2.51. The van der Waals surface area contributed by atoms with Crippen molar-refractivity contribution >= 4 is 91.8 Å². The van der Waals surface area contributed by atoms with E-state index in [4.69, 9.17) is 95.7 Å². The molecule has 0 atom stereocenters. The minimum atomic E-state index is -1.04. The Morgan fingerprint density at radius 2 is 0.895 bits per heavy atom. The van der Waals surface area contributed by atoms with Gasteiger partial charge in [-0.25, -0.2) is 30.7 Å². The fourth-order valence-corrected chi connectivity index (χ4v) is 13.1. The zero-order chi connectivity index (χ0) is 93.7. The van der Waals surface area contributed by atoms with Crippen LogP contribution in [0.5, 0.6) is 0 Å². The number of carboxylic acids is 1. The molecular weight excluding hydrogens is 1730 g/mol. The Bertz CT molecular complexity index is 5410. The van der Waals surface area contributed by atoms with Gasteiger partial charge in [0.15, 0.2) is 11.2 Å². The first-order valence-electron chi connectivity index (χ1n) is 39.8. The summed E-state index contributed by atoms with van der Waals surface area (Å²) in [4.78, 5) is 24.7. The fraction of sp³-hybridized carbons (Fsp3) is 0.407. The van der Waals surface area contributed by atoms with Crippen LogP contribution >= 0.6 is 31.9 Å². The number of allylic oxidation sites excluding steroid dienone is 2. The lowest BCUT2D eigenvalue weighted by molar-refractivity contribution is -0.136. The number of nitrogens with zero attached hydrogens (tertiary/aromatic N) is 8. The summed E-state index contributed by atoms with van der Waals surface area (Å²) < 4.78 is 106. The molecule has 654 valence electrons. The van der Waals surface area contributed by atoms with E-state index in [1.165, 1.54) is 30.3 Å². The average Bonchev–Trinajstić information content (AvgIpc) is 1.64. The number of nitriles is 7. The number of nitrogens with two attached hydrogens (primary N) is 6. The minimum Gasteiger partial charge on any atom is -0.481 e. The Hall–Kier alpha value is -11.4. The molecule has 1 saturated heterocycles. The first kappa shape index (κ1) is 103. The average molecular weight is 1840 g/mol. The van der Waals surface area contributed by atoms with E-state index in [1.54, 1.807) is 64.1 Å². The number of rotatable bonds is 13. The topological polar surface area (TPSA) is 458 Å². The van der Waals surface area contributed by atoms with E-state index in [0.717, 1.165) is 122 Å². The summed E-state index contributed by atoms with van der Waals surface area (Å²) in [5.41, 5.74) is 43.7. The molecule has 7 aromatic carbocycles. The normalized spacial score (nSPS) is 15.0. The maximum Gasteiger partial charge on any atom is 0.489 e. The third-order valence-corrected chi connectivity index (χ3v) is 22.0. The molecule has 33 heteroatoms. The smallest absolute Gasteiger partial charge is 0.481 e. The molecule has 124 heavy (non-hydrogen) atoms. The molecule has 14 rings (SSSR count). The van der Waals surface area contributed by atoms with E-state index in [9.17, 15) is 40.4 Å². The first-order chi connectivity index (χ1) is 57.9. The van der Waals surface area contributed by atoms with Crippen molar-refractivity contribution in [3.05, 3.63) is 229 Å². The van der Waals surface area contributed by atoms with Gasteiger partial charge in [-0.3, -0.25) is 4.79 Å². The van der Waals surface area contributed by atoms with Crippen LogP contribution in [-0.4, -0.2) is 52.2 Å². The zero-order valence-electron chi connectivity index (χ0n) is 71.6. The van der Waals surface area contributed by atoms with E-state index >= 15 is 0 Å². The minimum absolute atomic E-state index is 0.00537. The zero-order valence-corrected chi connectivity index (χ0v) is 74.7. The van der Waals surface area contributed by atoms with Crippen LogP contribution in [0, 0.1) is 125 Å². The molecule has 1 aliphatic heterocycles. The van der Waals surface area contributed by atoms with Crippen molar-refractivity contribution in [1.29, 1.82) is 36.8 Å². The lowest BCUT2D eigenvalue weighted by Gasteiger charge is -2.32. The van der Waals surface area contributed by atoms with E-state index in [1.807, 2.05) is 92.7 Å². The highest BCUT2D eigenvalue weighted by Crippen LogP contribution is 2.50. The number of benzene rings is 7. The maximum atomic E-state index is 14.3. The van der Waals surface area contributed by atoms with Gasteiger partial charge in [0.2, 0.25) is 0 Å². The van der Waals surface area contributed by atoms with Crippen molar-refractivity contribution in [2.45, 2.75) is 238 Å². The van der Waals surface area contributed by atoms with Crippen LogP contribution in [0.2, 0.25) is 5.82 Å². The monoisotopic (exact) mass is 1830 g/mol. The molecule has 0 amide bonds. The second-order valence-electron chi connectivity index (χ2n) is 33.4. The number of halogens is 9. The number of carboxylic acid groups (broad SMARTS) is 1. The molecule has 1 heterocycles. The highest BCUT2D eigenvalue weighted by atomic mass is 79.9. The quantitative estimate of drug-likeness (QED) is 0.0170. The van der Waals surface area contributed by atoms with Gasteiger partial charge in [0.05, 0.1) is 66.7 Å². The summed E-state index contributed by atoms with van der Waals surface area (Å²) in [5.74, 6) is -2.69. The largest absolute Gasteiger partial charge is 0.489 e. The Kier molecular flexibility index (Phi) is 37.6. The van der Waals surface area contributed by atoms with Gasteiger partial charge in [-0.1, -0.05) is 52.6 Å². The molecule has 15 N–H and O–H groups in total. The Morgan fingerprint density at radius 1 is 0.532 bits per heavy atom. The molecule has 22 nitrogen and oxygen atoms in total. The van der Waals surface area contributed by atoms with Crippen molar-refractivity contribution in [3.8, 4) is 42.5 Å². The summed E-state index contributed by atoms with van der Waals surface area (Å²) in [6.45, 7) is 32.0. The molecule has 0 aromatic heterocycles. The lowest BCUT2D eigenvalue weighted by Crippen LogP contribution is -2.41. The molecule has 6 aliphatic carbocycles. The van der Waals surface area contributed by atoms with Crippen LogP contribution in [-0.2, 0) is 25.4 Å². The van der Waals surface area contributed by atoms with Crippen molar-refractivity contribution in [2.75, 3.05) is 34.4 Å². The summed E-state index contributed by atoms with van der Waals surface area (Å²) in [6.07, 6.45) is 12.5. The molecule has 0 radical (unpaired) electrons. The van der Waals surface area contributed by atoms with Gasteiger partial charge < -0.3 is 63.7 Å². The number of aliphatic carboxylic acids is 1. The second-order valence-corrected chi connectivity index (χ2v) is 35.0. The van der Waals surface area contributed by atoms with Crippen molar-refractivity contribution in [2.24, 2.45) is 5.34 Å². The van der Waals surface area contributed by atoms with Gasteiger partial charge in [-0.05, 0) is 317 Å². The fourth-order valence-electron chi connectivity index (χ4n) is 12.3. The number of hydrogen-bond acceptors (Lipinski definition) is 21. The van der Waals surface area contributed by atoms with E-state index in [0.29, 0.717) is 96.0 Å². The number of carbonyl (C=O) groups is 1. The first-order valence-corrected chi connectivity index (χ1v) is 41.3. The van der Waals surface area contributed by atoms with Gasteiger partial charge >= 0.3 is 20.2 Å². The molecule has 7 aromatic rings. The molecule has 0 bridgehead atoms. The van der Waals surface area contributed by atoms with Crippen molar-refractivity contribution in [1.82, 2.24) is 0 Å². The van der Waals surface area contributed by atoms with Gasteiger partial charge in [0.1, 0.15) is 83.0 Å². The van der Waals surface area contributed by atoms with Crippen LogP contribution in [0.25, 0.3) is 5.57 Å². The predicted octanol–water partition coefficient (Wildman–Crippen LogP) is 21.5. The van der Waals surface area contributed by atoms with Crippen LogP contribution in [0.1, 0.15) is 297 Å². The maximum absolute atomic E-state index is 14.3. The molecule has 0 unspecified atom stereocenters. The van der Waals surface area contributed by atoms with E-state index in [2.05, 4.69) is 55.2 Å². The van der Waals surface area contributed by atoms with Crippen molar-refractivity contribution in [3.63, 3.8) is 0 Å². The number of hydrogen-bond donors (Lipinski definition) is 9. The van der Waals surface area contributed by atoms with Gasteiger partial charge in [0, 0.05) is 44.0 Å². The van der Waals surface area contributed by atoms with Crippen LogP contribution in [0.3, 0.4) is 0 Å². The Morgan fingerprint density at radius 3 is 1.24 bits per heavy atom. The second kappa shape index (κ2) is 45.3. The van der Waals surface area contributed by atoms with E-state index < -0.39 is 59.4 Å². The summed E-state index contributed by atoms with van der Waals surface area (Å²) in [6, 6.07) is 28.2. The standard InChI is InChI=1S/C15H16FNO2.C13H15FN2.C13H13FN2.C10H8BrFN2.C10H9FN2.C9H17BO2.C7H4BrFN2.C7H5FN2.C4H9NO2.C3H7BO2/c1-8(2)14-12(6-13(18)19)11(9-3-4-9)5-10(7-17)15(14)16;2*1-7(2)11-12(14)9(6-15)5-10(13(11)16)8-3-4-8;11-8-9(12)6(4-13)3-7(10(8)14)5-1-2-5;11-9-4-10(13)8(6-1-2-6)3-7(9)5-12;1-7(2)10-11-8(3,4)9(5,6)12-10;8-5-1-4(3-10)6(9)2-7(5)11;8-7-3-6(10)2-1-5(7)4-9;1-4(2,3)7-5-6;5-4(6)3-1-2-3/h5,8-9H,3-4,6H2,1-2H3,(H,18,19);5,7-8H,3-4,16H2,1-2H3;5,8H,1,3-4,16H2,2H3;3,5H,1-2,14H2;3-4,6H,1-2,13H2;1H2,2-6H3;1-2H,11H2;1-3H,10H2;1-3H3;3,5-6H,1-2H2. The molecule has 0 spiro atoms. The van der Waals surface area contributed by atoms with E-state index in [-0.39, 0.29) is 85.8 Å². The van der Waals surface area contributed by atoms with Crippen LogP contribution in [0.15, 0.2) is 99.6 Å². The summed E-state index contributed by atoms with van der Waals surface area (Å²) in [5, 5.41) is 88.6. The third kappa shape index (κ3) is 29.4. The molecular formula is C91H103B2Br2F7N14O8. The van der Waals surface area contributed by atoms with Crippen LogP contribution in [0.4, 0.5) is 64.9 Å². The van der Waals surface area contributed by atoms with Gasteiger partial charge in [0.25, 0.3) is 0 Å².